The molecule has 2 aliphatic heterocycles. The molecule has 0 spiro atoms. The predicted molar refractivity (Wildman–Crippen MR) is 96.8 cm³/mol. The summed E-state index contributed by atoms with van der Waals surface area (Å²) in [5.74, 6) is 0. The van der Waals surface area contributed by atoms with Gasteiger partial charge >= 0.3 is 0 Å². The lowest BCUT2D eigenvalue weighted by atomic mass is 10.2. The van der Waals surface area contributed by atoms with Crippen LogP contribution in [-0.2, 0) is 6.54 Å². The molecule has 1 unspecified atom stereocenters. The standard InChI is InChI=1S/C17H23N5O.ClH/c23-17-11-14(19-16-3-1-2-6-22(16)17)13-20-7-9-21(10-8-20)15-4-5-18-12-15;/h1-3,6,11,15,18H,4-5,7-10,12-13H2;1H. The predicted octanol–water partition coefficient (Wildman–Crippen LogP) is 0.596. The zero-order valence-corrected chi connectivity index (χ0v) is 14.5. The highest BCUT2D eigenvalue weighted by molar-refractivity contribution is 5.85. The molecular weight excluding hydrogens is 326 g/mol. The lowest BCUT2D eigenvalue weighted by molar-refractivity contribution is 0.0973. The van der Waals surface area contributed by atoms with Crippen molar-refractivity contribution >= 4 is 18.1 Å². The van der Waals surface area contributed by atoms with Crippen LogP contribution in [0.2, 0.25) is 0 Å². The van der Waals surface area contributed by atoms with E-state index >= 15 is 0 Å². The van der Waals surface area contributed by atoms with Crippen molar-refractivity contribution in [2.45, 2.75) is 19.0 Å². The summed E-state index contributed by atoms with van der Waals surface area (Å²) < 4.78 is 1.59. The van der Waals surface area contributed by atoms with Crippen LogP contribution in [0, 0.1) is 0 Å². The van der Waals surface area contributed by atoms with E-state index in [0.717, 1.165) is 57.2 Å². The van der Waals surface area contributed by atoms with Crippen LogP contribution in [-0.4, -0.2) is 64.5 Å². The van der Waals surface area contributed by atoms with Gasteiger partial charge < -0.3 is 5.32 Å². The monoisotopic (exact) mass is 349 g/mol. The van der Waals surface area contributed by atoms with Crippen molar-refractivity contribution in [2.24, 2.45) is 0 Å². The number of nitrogens with zero attached hydrogens (tertiary/aromatic N) is 4. The highest BCUT2D eigenvalue weighted by atomic mass is 35.5. The molecule has 1 N–H and O–H groups in total. The number of fused-ring (bicyclic) bond motifs is 1. The van der Waals surface area contributed by atoms with Crippen LogP contribution in [0.25, 0.3) is 5.65 Å². The largest absolute Gasteiger partial charge is 0.315 e. The molecule has 0 aromatic carbocycles. The summed E-state index contributed by atoms with van der Waals surface area (Å²) in [7, 11) is 0. The summed E-state index contributed by atoms with van der Waals surface area (Å²) in [6, 6.07) is 8.03. The Bertz CT molecular complexity index is 735. The maximum atomic E-state index is 12.2. The number of aromatic nitrogens is 2. The fourth-order valence-electron chi connectivity index (χ4n) is 3.65. The molecule has 2 aliphatic rings. The van der Waals surface area contributed by atoms with Crippen LogP contribution < -0.4 is 10.9 Å². The van der Waals surface area contributed by atoms with Gasteiger partial charge in [-0.2, -0.15) is 0 Å². The first-order valence-electron chi connectivity index (χ1n) is 8.44. The summed E-state index contributed by atoms with van der Waals surface area (Å²) in [5, 5.41) is 3.44. The van der Waals surface area contributed by atoms with Crippen LogP contribution in [0.4, 0.5) is 0 Å². The van der Waals surface area contributed by atoms with Gasteiger partial charge in [0.2, 0.25) is 0 Å². The van der Waals surface area contributed by atoms with E-state index < -0.39 is 0 Å². The van der Waals surface area contributed by atoms with Gasteiger partial charge in [-0.1, -0.05) is 6.07 Å². The van der Waals surface area contributed by atoms with E-state index in [1.807, 2.05) is 18.2 Å². The number of pyridine rings is 1. The number of hydrogen-bond acceptors (Lipinski definition) is 5. The number of hydrogen-bond donors (Lipinski definition) is 1. The number of nitrogens with one attached hydrogen (secondary N) is 1. The summed E-state index contributed by atoms with van der Waals surface area (Å²) in [5.41, 5.74) is 1.60. The van der Waals surface area contributed by atoms with Crippen molar-refractivity contribution in [3.63, 3.8) is 0 Å². The van der Waals surface area contributed by atoms with E-state index in [1.54, 1.807) is 16.7 Å². The summed E-state index contributed by atoms with van der Waals surface area (Å²) >= 11 is 0. The summed E-state index contributed by atoms with van der Waals surface area (Å²) in [6.45, 7) is 7.35. The molecule has 4 heterocycles. The Morgan fingerprint density at radius 3 is 2.79 bits per heavy atom. The van der Waals surface area contributed by atoms with Gasteiger partial charge in [-0.15, -0.1) is 12.4 Å². The zero-order valence-electron chi connectivity index (χ0n) is 13.7. The van der Waals surface area contributed by atoms with Crippen LogP contribution in [0.1, 0.15) is 12.1 Å². The van der Waals surface area contributed by atoms with Crippen LogP contribution in [0.3, 0.4) is 0 Å². The van der Waals surface area contributed by atoms with Crippen molar-refractivity contribution in [3.05, 3.63) is 46.5 Å². The maximum absolute atomic E-state index is 12.2. The van der Waals surface area contributed by atoms with E-state index in [0.29, 0.717) is 6.04 Å². The zero-order chi connectivity index (χ0) is 15.6. The molecule has 0 bridgehead atoms. The Hall–Kier alpha value is -1.47. The average Bonchev–Trinajstić information content (AvgIpc) is 3.10. The Morgan fingerprint density at radius 2 is 2.04 bits per heavy atom. The minimum Gasteiger partial charge on any atom is -0.315 e. The molecule has 24 heavy (non-hydrogen) atoms. The van der Waals surface area contributed by atoms with Gasteiger partial charge in [-0.3, -0.25) is 19.0 Å². The van der Waals surface area contributed by atoms with E-state index in [2.05, 4.69) is 20.1 Å². The second kappa shape index (κ2) is 7.61. The molecule has 7 heteroatoms. The first kappa shape index (κ1) is 17.4. The second-order valence-corrected chi connectivity index (χ2v) is 6.47. The van der Waals surface area contributed by atoms with Crippen molar-refractivity contribution in [1.29, 1.82) is 0 Å². The van der Waals surface area contributed by atoms with E-state index in [9.17, 15) is 4.79 Å². The number of rotatable bonds is 3. The SMILES string of the molecule is Cl.O=c1cc(CN2CCN(C3CCNC3)CC2)nc2ccccn12. The first-order chi connectivity index (χ1) is 11.3. The fraction of sp³-hybridized carbons (Fsp3) is 0.529. The molecule has 0 radical (unpaired) electrons. The van der Waals surface area contributed by atoms with Gasteiger partial charge in [-0.25, -0.2) is 4.98 Å². The second-order valence-electron chi connectivity index (χ2n) is 6.47. The Kier molecular flexibility index (Phi) is 5.50. The van der Waals surface area contributed by atoms with Gasteiger partial charge in [-0.05, 0) is 25.1 Å². The molecule has 6 nitrogen and oxygen atoms in total. The van der Waals surface area contributed by atoms with Crippen molar-refractivity contribution in [3.8, 4) is 0 Å². The van der Waals surface area contributed by atoms with Gasteiger partial charge in [0.15, 0.2) is 0 Å². The van der Waals surface area contributed by atoms with E-state index in [-0.39, 0.29) is 18.0 Å². The molecule has 0 aliphatic carbocycles. The molecule has 4 rings (SSSR count). The lowest BCUT2D eigenvalue weighted by Crippen LogP contribution is -2.50. The van der Waals surface area contributed by atoms with Gasteiger partial charge in [0, 0.05) is 57.6 Å². The van der Waals surface area contributed by atoms with E-state index in [4.69, 9.17) is 0 Å². The molecule has 1 atom stereocenters. The topological polar surface area (TPSA) is 52.9 Å². The van der Waals surface area contributed by atoms with Gasteiger partial charge in [0.1, 0.15) is 5.65 Å². The molecule has 2 aromatic heterocycles. The Morgan fingerprint density at radius 1 is 1.21 bits per heavy atom. The number of piperazine rings is 1. The molecule has 0 saturated carbocycles. The molecular formula is C17H24ClN5O. The minimum atomic E-state index is 0. The van der Waals surface area contributed by atoms with Crippen LogP contribution in [0.15, 0.2) is 35.3 Å². The van der Waals surface area contributed by atoms with Gasteiger partial charge in [0.25, 0.3) is 5.56 Å². The van der Waals surface area contributed by atoms with E-state index in [1.165, 1.54) is 6.42 Å². The third-order valence-electron chi connectivity index (χ3n) is 4.97. The van der Waals surface area contributed by atoms with Crippen LogP contribution >= 0.6 is 12.4 Å². The third-order valence-corrected chi connectivity index (χ3v) is 4.97. The van der Waals surface area contributed by atoms with Crippen molar-refractivity contribution < 1.29 is 0 Å². The van der Waals surface area contributed by atoms with Crippen molar-refractivity contribution in [2.75, 3.05) is 39.3 Å². The average molecular weight is 350 g/mol. The normalized spacial score (nSPS) is 22.6. The maximum Gasteiger partial charge on any atom is 0.258 e. The highest BCUT2D eigenvalue weighted by Gasteiger charge is 2.26. The first-order valence-corrected chi connectivity index (χ1v) is 8.44. The Labute approximate surface area is 147 Å². The molecule has 2 fully saturated rings. The van der Waals surface area contributed by atoms with Gasteiger partial charge in [0.05, 0.1) is 5.69 Å². The molecule has 2 aromatic rings. The summed E-state index contributed by atoms with van der Waals surface area (Å²) in [4.78, 5) is 21.8. The Balaban J connectivity index is 0.00000169. The van der Waals surface area contributed by atoms with Crippen LogP contribution in [0.5, 0.6) is 0 Å². The third kappa shape index (κ3) is 3.62. The quantitative estimate of drug-likeness (QED) is 0.879. The minimum absolute atomic E-state index is 0. The van der Waals surface area contributed by atoms with Crippen molar-refractivity contribution in [1.82, 2.24) is 24.5 Å². The fourth-order valence-corrected chi connectivity index (χ4v) is 3.65. The molecule has 0 amide bonds. The number of halogens is 1. The lowest BCUT2D eigenvalue weighted by Gasteiger charge is -2.37. The molecule has 130 valence electrons. The molecule has 2 saturated heterocycles. The highest BCUT2D eigenvalue weighted by Crippen LogP contribution is 2.13. The summed E-state index contributed by atoms with van der Waals surface area (Å²) in [6.07, 6.45) is 3.03. The smallest absolute Gasteiger partial charge is 0.258 e.